The Balaban J connectivity index is 2.10. The Morgan fingerprint density at radius 1 is 1.39 bits per heavy atom. The van der Waals surface area contributed by atoms with Gasteiger partial charge in [-0.15, -0.1) is 11.8 Å². The number of carbonyl (C=O) groups excluding carboxylic acids is 1. The quantitative estimate of drug-likeness (QED) is 0.816. The van der Waals surface area contributed by atoms with Crippen LogP contribution in [0, 0.1) is 0 Å². The Morgan fingerprint density at radius 3 is 2.83 bits per heavy atom. The van der Waals surface area contributed by atoms with Crippen molar-refractivity contribution in [1.82, 2.24) is 4.98 Å². The summed E-state index contributed by atoms with van der Waals surface area (Å²) in [5.74, 6) is 0.499. The maximum Gasteiger partial charge on any atom is 0.174 e. The summed E-state index contributed by atoms with van der Waals surface area (Å²) in [6.45, 7) is 3.67. The number of hydrogen-bond acceptors (Lipinski definition) is 3. The first kappa shape index (κ1) is 13.2. The number of thioether (sulfide) groups is 1. The molecule has 1 aromatic carbocycles. The van der Waals surface area contributed by atoms with E-state index < -0.39 is 6.10 Å². The van der Waals surface area contributed by atoms with E-state index >= 15 is 0 Å². The lowest BCUT2D eigenvalue weighted by molar-refractivity contribution is 0.102. The lowest BCUT2D eigenvalue weighted by Gasteiger charge is -2.12. The molecule has 18 heavy (non-hydrogen) atoms. The molecular weight excluding hydrogens is 246 g/mol. The average molecular weight is 263 g/mol. The summed E-state index contributed by atoms with van der Waals surface area (Å²) in [4.78, 5) is 15.2. The van der Waals surface area contributed by atoms with Crippen molar-refractivity contribution >= 4 is 28.4 Å². The lowest BCUT2D eigenvalue weighted by atomic mass is 10.1. The number of aromatic nitrogens is 1. The number of para-hydroxylation sites is 1. The molecule has 0 fully saturated rings. The highest BCUT2D eigenvalue weighted by Crippen LogP contribution is 2.21. The standard InChI is InChI=1S/C14H17NO2S/c1-9(16)10(2)18-8-14(17)12-7-15-13-6-4-3-5-11(12)13/h3-7,9-10,15-16H,8H2,1-2H3. The van der Waals surface area contributed by atoms with E-state index in [0.29, 0.717) is 5.75 Å². The van der Waals surface area contributed by atoms with E-state index in [0.717, 1.165) is 16.5 Å². The molecule has 0 aliphatic rings. The van der Waals surface area contributed by atoms with Gasteiger partial charge < -0.3 is 10.1 Å². The SMILES string of the molecule is CC(O)C(C)SCC(=O)c1c[nH]c2ccccc12. The Hall–Kier alpha value is -1.26. The Kier molecular flexibility index (Phi) is 4.09. The number of benzene rings is 1. The van der Waals surface area contributed by atoms with Gasteiger partial charge in [0.15, 0.2) is 5.78 Å². The van der Waals surface area contributed by atoms with Crippen LogP contribution in [0.1, 0.15) is 24.2 Å². The minimum atomic E-state index is -0.397. The fourth-order valence-electron chi connectivity index (χ4n) is 1.73. The van der Waals surface area contributed by atoms with Crippen LogP contribution in [0.5, 0.6) is 0 Å². The molecule has 0 spiro atoms. The van der Waals surface area contributed by atoms with Crippen molar-refractivity contribution in [1.29, 1.82) is 0 Å². The number of rotatable bonds is 5. The number of aliphatic hydroxyl groups is 1. The maximum absolute atomic E-state index is 12.1. The molecule has 3 nitrogen and oxygen atoms in total. The first-order valence-corrected chi connectivity index (χ1v) is 7.03. The predicted molar refractivity (Wildman–Crippen MR) is 76.2 cm³/mol. The minimum absolute atomic E-state index is 0.0687. The second-order valence-corrected chi connectivity index (χ2v) is 5.79. The van der Waals surface area contributed by atoms with Crippen LogP contribution >= 0.6 is 11.8 Å². The zero-order valence-electron chi connectivity index (χ0n) is 10.5. The molecule has 0 aliphatic carbocycles. The summed E-state index contributed by atoms with van der Waals surface area (Å²) in [5.41, 5.74) is 1.71. The smallest absolute Gasteiger partial charge is 0.174 e. The number of carbonyl (C=O) groups is 1. The number of ketones is 1. The highest BCUT2D eigenvalue weighted by molar-refractivity contribution is 8.00. The zero-order valence-corrected chi connectivity index (χ0v) is 11.3. The largest absolute Gasteiger partial charge is 0.392 e. The monoisotopic (exact) mass is 263 g/mol. The summed E-state index contributed by atoms with van der Waals surface area (Å²) in [6.07, 6.45) is 1.37. The third kappa shape index (κ3) is 2.76. The van der Waals surface area contributed by atoms with E-state index in [1.165, 1.54) is 11.8 Å². The molecule has 0 bridgehead atoms. The molecule has 0 aliphatic heterocycles. The van der Waals surface area contributed by atoms with Crippen LogP contribution in [0.2, 0.25) is 0 Å². The van der Waals surface area contributed by atoms with Gasteiger partial charge in [-0.25, -0.2) is 0 Å². The zero-order chi connectivity index (χ0) is 13.1. The Morgan fingerprint density at radius 2 is 2.11 bits per heavy atom. The number of hydrogen-bond donors (Lipinski definition) is 2. The van der Waals surface area contributed by atoms with Gasteiger partial charge in [-0.05, 0) is 13.0 Å². The molecule has 0 amide bonds. The molecule has 2 unspecified atom stereocenters. The average Bonchev–Trinajstić information content (AvgIpc) is 2.79. The third-order valence-electron chi connectivity index (χ3n) is 3.05. The van der Waals surface area contributed by atoms with Crippen LogP contribution in [0.4, 0.5) is 0 Å². The van der Waals surface area contributed by atoms with Gasteiger partial charge >= 0.3 is 0 Å². The summed E-state index contributed by atoms with van der Waals surface area (Å²) >= 11 is 1.49. The number of aromatic amines is 1. The van der Waals surface area contributed by atoms with E-state index in [-0.39, 0.29) is 11.0 Å². The van der Waals surface area contributed by atoms with Gasteiger partial charge in [-0.1, -0.05) is 25.1 Å². The summed E-state index contributed by atoms with van der Waals surface area (Å²) in [5, 5.41) is 10.4. The summed E-state index contributed by atoms with van der Waals surface area (Å²) in [7, 11) is 0. The number of fused-ring (bicyclic) bond motifs is 1. The summed E-state index contributed by atoms with van der Waals surface area (Å²) < 4.78 is 0. The van der Waals surface area contributed by atoms with Crippen molar-refractivity contribution in [2.75, 3.05) is 5.75 Å². The molecule has 2 N–H and O–H groups in total. The summed E-state index contributed by atoms with van der Waals surface area (Å²) in [6, 6.07) is 7.77. The molecule has 0 radical (unpaired) electrons. The van der Waals surface area contributed by atoms with E-state index in [1.54, 1.807) is 13.1 Å². The molecule has 2 rings (SSSR count). The second kappa shape index (κ2) is 5.59. The molecule has 96 valence electrons. The first-order chi connectivity index (χ1) is 8.59. The first-order valence-electron chi connectivity index (χ1n) is 5.98. The van der Waals surface area contributed by atoms with Crippen LogP contribution in [0.25, 0.3) is 10.9 Å². The highest BCUT2D eigenvalue weighted by Gasteiger charge is 2.15. The van der Waals surface area contributed by atoms with Gasteiger partial charge in [0.2, 0.25) is 0 Å². The van der Waals surface area contributed by atoms with Gasteiger partial charge in [-0.2, -0.15) is 0 Å². The number of aliphatic hydroxyl groups excluding tert-OH is 1. The van der Waals surface area contributed by atoms with Crippen molar-refractivity contribution in [3.8, 4) is 0 Å². The fraction of sp³-hybridized carbons (Fsp3) is 0.357. The molecular formula is C14H17NO2S. The minimum Gasteiger partial charge on any atom is -0.392 e. The van der Waals surface area contributed by atoms with E-state index in [1.807, 2.05) is 31.2 Å². The molecule has 1 aromatic heterocycles. The second-order valence-electron chi connectivity index (χ2n) is 4.43. The number of Topliss-reactive ketones (excluding diaryl/α,β-unsaturated/α-hetero) is 1. The van der Waals surface area contributed by atoms with E-state index in [4.69, 9.17) is 0 Å². The van der Waals surface area contributed by atoms with Crippen LogP contribution in [0.15, 0.2) is 30.5 Å². The van der Waals surface area contributed by atoms with Gasteiger partial charge in [0.25, 0.3) is 0 Å². The topological polar surface area (TPSA) is 53.1 Å². The Labute approximate surface area is 111 Å². The number of H-pyrrole nitrogens is 1. The molecule has 2 aromatic rings. The molecule has 2 atom stereocenters. The number of nitrogens with one attached hydrogen (secondary N) is 1. The van der Waals surface area contributed by atoms with Crippen molar-refractivity contribution in [2.24, 2.45) is 0 Å². The third-order valence-corrected chi connectivity index (χ3v) is 4.39. The molecule has 0 saturated heterocycles. The van der Waals surface area contributed by atoms with Crippen LogP contribution in [0.3, 0.4) is 0 Å². The predicted octanol–water partition coefficient (Wildman–Crippen LogP) is 2.85. The molecule has 1 heterocycles. The van der Waals surface area contributed by atoms with Crippen LogP contribution < -0.4 is 0 Å². The van der Waals surface area contributed by atoms with Gasteiger partial charge in [0.05, 0.1) is 11.9 Å². The fourth-order valence-corrected chi connectivity index (χ4v) is 2.57. The van der Waals surface area contributed by atoms with Crippen molar-refractivity contribution in [2.45, 2.75) is 25.2 Å². The Bertz CT molecular complexity index is 547. The maximum atomic E-state index is 12.1. The highest BCUT2D eigenvalue weighted by atomic mass is 32.2. The van der Waals surface area contributed by atoms with E-state index in [2.05, 4.69) is 4.98 Å². The van der Waals surface area contributed by atoms with Crippen LogP contribution in [-0.4, -0.2) is 33.0 Å². The normalized spacial score (nSPS) is 14.6. The van der Waals surface area contributed by atoms with Gasteiger partial charge in [0, 0.05) is 27.9 Å². The molecule has 0 saturated carbocycles. The van der Waals surface area contributed by atoms with Crippen molar-refractivity contribution in [3.05, 3.63) is 36.0 Å². The van der Waals surface area contributed by atoms with Gasteiger partial charge in [0.1, 0.15) is 0 Å². The van der Waals surface area contributed by atoms with Crippen molar-refractivity contribution < 1.29 is 9.90 Å². The van der Waals surface area contributed by atoms with Gasteiger partial charge in [-0.3, -0.25) is 4.79 Å². The van der Waals surface area contributed by atoms with E-state index in [9.17, 15) is 9.90 Å². The van der Waals surface area contributed by atoms with Crippen LogP contribution in [-0.2, 0) is 0 Å². The molecule has 4 heteroatoms. The lowest BCUT2D eigenvalue weighted by Crippen LogP contribution is -2.17. The van der Waals surface area contributed by atoms with Crippen molar-refractivity contribution in [3.63, 3.8) is 0 Å².